The zero-order chi connectivity index (χ0) is 18.0. The Morgan fingerprint density at radius 2 is 1.08 bits per heavy atom. The number of rotatable bonds is 18. The smallest absolute Gasteiger partial charge is 1.00 e. The third kappa shape index (κ3) is 20.1. The molecule has 144 valence electrons. The van der Waals surface area contributed by atoms with Gasteiger partial charge in [0.25, 0.3) is 0 Å². The molecule has 0 aliphatic heterocycles. The Bertz CT molecular complexity index is 327. The van der Waals surface area contributed by atoms with E-state index in [0.717, 1.165) is 19.3 Å². The van der Waals surface area contributed by atoms with Crippen molar-refractivity contribution in [1.29, 1.82) is 0 Å². The summed E-state index contributed by atoms with van der Waals surface area (Å²) in [6.45, 7) is 2.25. The topological polar surface area (TPSA) is 74.6 Å². The van der Waals surface area contributed by atoms with Crippen molar-refractivity contribution in [3.05, 3.63) is 0 Å². The van der Waals surface area contributed by atoms with Gasteiger partial charge in [0, 0.05) is 0 Å². The van der Waals surface area contributed by atoms with Crippen molar-refractivity contribution in [2.75, 3.05) is 0 Å². The van der Waals surface area contributed by atoms with Crippen LogP contribution in [0.5, 0.6) is 0 Å². The van der Waals surface area contributed by atoms with Crippen LogP contribution in [0, 0.1) is 5.92 Å². The number of carboxylic acids is 2. The van der Waals surface area contributed by atoms with Gasteiger partial charge < -0.3 is 11.6 Å². The van der Waals surface area contributed by atoms with Gasteiger partial charge in [0.2, 0.25) is 0 Å². The minimum atomic E-state index is -1.02. The van der Waals surface area contributed by atoms with Crippen LogP contribution >= 0.6 is 0 Å². The fourth-order valence-electron chi connectivity index (χ4n) is 3.11. The molecule has 0 radical (unpaired) electrons. The SMILES string of the molecule is CCCCCCCCCCCCCCCCC(CC(=O)O)C(=O)O.[H-].[Na+]. The Balaban J connectivity index is -0.00000264. The normalized spacial score (nSPS) is 11.7. The van der Waals surface area contributed by atoms with Crippen molar-refractivity contribution in [2.45, 2.75) is 110 Å². The number of hydrogen-bond donors (Lipinski definition) is 2. The summed E-state index contributed by atoms with van der Waals surface area (Å²) in [6, 6.07) is 0. The molecule has 0 fully saturated rings. The van der Waals surface area contributed by atoms with Gasteiger partial charge in [-0.3, -0.25) is 9.59 Å². The van der Waals surface area contributed by atoms with Gasteiger partial charge in [0.1, 0.15) is 0 Å². The molecule has 0 aliphatic carbocycles. The Hall–Kier alpha value is -0.0600. The second kappa shape index (κ2) is 20.3. The first-order valence-electron chi connectivity index (χ1n) is 10.0. The molecule has 0 aromatic heterocycles. The van der Waals surface area contributed by atoms with Crippen LogP contribution in [0.3, 0.4) is 0 Å². The van der Waals surface area contributed by atoms with Crippen LogP contribution in [0.15, 0.2) is 0 Å². The Labute approximate surface area is 177 Å². The van der Waals surface area contributed by atoms with Gasteiger partial charge in [0.05, 0.1) is 12.3 Å². The molecule has 0 spiro atoms. The van der Waals surface area contributed by atoms with E-state index in [2.05, 4.69) is 6.92 Å². The van der Waals surface area contributed by atoms with Gasteiger partial charge in [0.15, 0.2) is 0 Å². The Morgan fingerprint density at radius 3 is 1.40 bits per heavy atom. The van der Waals surface area contributed by atoms with E-state index >= 15 is 0 Å². The predicted molar refractivity (Wildman–Crippen MR) is 99.4 cm³/mol. The maximum absolute atomic E-state index is 10.9. The Kier molecular flexibility index (Phi) is 22.0. The van der Waals surface area contributed by atoms with Crippen molar-refractivity contribution >= 4 is 11.9 Å². The molecule has 0 amide bonds. The molecule has 0 saturated carbocycles. The van der Waals surface area contributed by atoms with Crippen LogP contribution in [-0.4, -0.2) is 22.2 Å². The zero-order valence-corrected chi connectivity index (χ0v) is 18.6. The van der Waals surface area contributed by atoms with Gasteiger partial charge in [-0.05, 0) is 6.42 Å². The summed E-state index contributed by atoms with van der Waals surface area (Å²) in [4.78, 5) is 21.5. The van der Waals surface area contributed by atoms with Crippen LogP contribution in [-0.2, 0) is 9.59 Å². The third-order valence-electron chi connectivity index (χ3n) is 4.68. The zero-order valence-electron chi connectivity index (χ0n) is 17.6. The number of unbranched alkanes of at least 4 members (excludes halogenated alkanes) is 13. The molecule has 25 heavy (non-hydrogen) atoms. The molecule has 0 aliphatic rings. The van der Waals surface area contributed by atoms with E-state index in [1.165, 1.54) is 70.6 Å². The molecule has 0 aromatic rings. The standard InChI is InChI=1S/C20H38O4.Na.H/c1-2-3-4-5-6-7-8-9-10-11-12-13-14-15-16-18(20(23)24)17-19(21)22;;/h18H,2-17H2,1H3,(H,21,22)(H,23,24);;/q;+1;-1. The molecular weight excluding hydrogens is 327 g/mol. The largest absolute Gasteiger partial charge is 1.00 e. The molecule has 0 aromatic carbocycles. The maximum Gasteiger partial charge on any atom is 1.00 e. The van der Waals surface area contributed by atoms with Crippen LogP contribution in [0.1, 0.15) is 111 Å². The number of carbonyl (C=O) groups is 2. The molecule has 0 heterocycles. The summed E-state index contributed by atoms with van der Waals surface area (Å²) in [5, 5.41) is 17.6. The minimum absolute atomic E-state index is 0. The molecule has 0 bridgehead atoms. The maximum atomic E-state index is 10.9. The fourth-order valence-corrected chi connectivity index (χ4v) is 3.11. The first kappa shape index (κ1) is 27.2. The summed E-state index contributed by atoms with van der Waals surface area (Å²) in [7, 11) is 0. The number of hydrogen-bond acceptors (Lipinski definition) is 2. The van der Waals surface area contributed by atoms with E-state index in [0.29, 0.717) is 6.42 Å². The molecule has 0 saturated heterocycles. The molecule has 2 N–H and O–H groups in total. The average Bonchev–Trinajstić information content (AvgIpc) is 2.53. The van der Waals surface area contributed by atoms with Crippen LogP contribution < -0.4 is 29.6 Å². The van der Waals surface area contributed by atoms with Crippen molar-refractivity contribution in [2.24, 2.45) is 5.92 Å². The van der Waals surface area contributed by atoms with E-state index in [1.807, 2.05) is 0 Å². The second-order valence-electron chi connectivity index (χ2n) is 7.02. The summed E-state index contributed by atoms with van der Waals surface area (Å²) in [5.41, 5.74) is 0. The molecular formula is C20H39NaO4. The van der Waals surface area contributed by atoms with Crippen LogP contribution in [0.2, 0.25) is 0 Å². The van der Waals surface area contributed by atoms with Gasteiger partial charge in [-0.25, -0.2) is 0 Å². The molecule has 5 heteroatoms. The number of carboxylic acid groups (broad SMARTS) is 2. The summed E-state index contributed by atoms with van der Waals surface area (Å²) in [6.07, 6.45) is 18.0. The van der Waals surface area contributed by atoms with Crippen molar-refractivity contribution in [3.8, 4) is 0 Å². The van der Waals surface area contributed by atoms with E-state index in [9.17, 15) is 9.59 Å². The van der Waals surface area contributed by atoms with Gasteiger partial charge >= 0.3 is 41.5 Å². The molecule has 1 unspecified atom stereocenters. The monoisotopic (exact) mass is 366 g/mol. The van der Waals surface area contributed by atoms with Gasteiger partial charge in [-0.2, -0.15) is 0 Å². The van der Waals surface area contributed by atoms with Crippen molar-refractivity contribution < 1.29 is 50.8 Å². The van der Waals surface area contributed by atoms with E-state index < -0.39 is 17.9 Å². The van der Waals surface area contributed by atoms with Crippen molar-refractivity contribution in [3.63, 3.8) is 0 Å². The number of aliphatic carboxylic acids is 2. The van der Waals surface area contributed by atoms with Crippen LogP contribution in [0.4, 0.5) is 0 Å². The van der Waals surface area contributed by atoms with Crippen molar-refractivity contribution in [1.82, 2.24) is 0 Å². The van der Waals surface area contributed by atoms with Gasteiger partial charge in [-0.15, -0.1) is 0 Å². The Morgan fingerprint density at radius 1 is 0.720 bits per heavy atom. The first-order valence-corrected chi connectivity index (χ1v) is 10.0. The molecule has 4 nitrogen and oxygen atoms in total. The first-order chi connectivity index (χ1) is 11.6. The molecule has 0 rings (SSSR count). The summed E-state index contributed by atoms with van der Waals surface area (Å²) in [5.74, 6) is -2.72. The molecule has 1 atom stereocenters. The van der Waals surface area contributed by atoms with E-state index in [-0.39, 0.29) is 37.4 Å². The quantitative estimate of drug-likeness (QED) is 0.289. The third-order valence-corrected chi connectivity index (χ3v) is 4.68. The summed E-state index contributed by atoms with van der Waals surface area (Å²) >= 11 is 0. The van der Waals surface area contributed by atoms with Gasteiger partial charge in [-0.1, -0.05) is 96.8 Å². The second-order valence-corrected chi connectivity index (χ2v) is 7.02. The predicted octanol–water partition coefficient (Wildman–Crippen LogP) is 3.15. The van der Waals surface area contributed by atoms with E-state index in [1.54, 1.807) is 0 Å². The summed E-state index contributed by atoms with van der Waals surface area (Å²) < 4.78 is 0. The van der Waals surface area contributed by atoms with Crippen LogP contribution in [0.25, 0.3) is 0 Å². The minimum Gasteiger partial charge on any atom is -1.00 e. The van der Waals surface area contributed by atoms with E-state index in [4.69, 9.17) is 10.2 Å². The fraction of sp³-hybridized carbons (Fsp3) is 0.900. The average molecular weight is 367 g/mol.